The quantitative estimate of drug-likeness (QED) is 0.399. The van der Waals surface area contributed by atoms with E-state index in [0.29, 0.717) is 48.3 Å². The summed E-state index contributed by atoms with van der Waals surface area (Å²) in [6, 6.07) is 4.73. The maximum absolute atomic E-state index is 11.0. The Hall–Kier alpha value is -3.08. The molecule has 3 rings (SSSR count). The molecular formula is C25H30O5. The number of allylic oxidation sites excluding steroid dienone is 4. The van der Waals surface area contributed by atoms with Gasteiger partial charge in [-0.2, -0.15) is 0 Å². The largest absolute Gasteiger partial charge is 0.507 e. The fourth-order valence-corrected chi connectivity index (χ4v) is 3.73. The van der Waals surface area contributed by atoms with E-state index in [1.54, 1.807) is 6.07 Å². The molecule has 0 radical (unpaired) electrons. The van der Waals surface area contributed by atoms with Crippen LogP contribution in [0.25, 0.3) is 0 Å². The molecule has 1 atom stereocenters. The van der Waals surface area contributed by atoms with Crippen LogP contribution in [0.5, 0.6) is 28.7 Å². The number of hydrogen-bond acceptors (Lipinski definition) is 5. The van der Waals surface area contributed by atoms with Gasteiger partial charge in [0.1, 0.15) is 17.2 Å². The molecule has 2 aromatic carbocycles. The molecular weight excluding hydrogens is 380 g/mol. The predicted molar refractivity (Wildman–Crippen MR) is 118 cm³/mol. The highest BCUT2D eigenvalue weighted by Crippen LogP contribution is 2.48. The number of phenolic OH excluding ortho intramolecular Hbond substituents is 4. The lowest BCUT2D eigenvalue weighted by molar-refractivity contribution is 0.253. The third kappa shape index (κ3) is 4.40. The molecule has 0 saturated carbocycles. The van der Waals surface area contributed by atoms with E-state index in [1.165, 1.54) is 12.1 Å². The van der Waals surface area contributed by atoms with Crippen LogP contribution in [0.1, 0.15) is 55.9 Å². The van der Waals surface area contributed by atoms with Crippen molar-refractivity contribution in [1.29, 1.82) is 0 Å². The predicted octanol–water partition coefficient (Wildman–Crippen LogP) is 5.25. The molecule has 4 N–H and O–H groups in total. The second-order valence-electron chi connectivity index (χ2n) is 8.39. The number of hydrogen-bond donors (Lipinski definition) is 4. The summed E-state index contributed by atoms with van der Waals surface area (Å²) in [5, 5.41) is 41.4. The van der Waals surface area contributed by atoms with Crippen LogP contribution in [0.2, 0.25) is 0 Å². The Morgan fingerprint density at radius 2 is 1.53 bits per heavy atom. The zero-order valence-electron chi connectivity index (χ0n) is 18.0. The van der Waals surface area contributed by atoms with E-state index in [-0.39, 0.29) is 28.9 Å². The standard InChI is InChI=1S/C25H30O5/c1-14(2)5-8-18-23(28)19(9-6-15(3)4)25-20(24(18)29)11-17(13-30-25)16-7-10-21(26)22(27)12-16/h5-7,10,12,17,26-29H,8-9,11,13H2,1-4H3. The number of ether oxygens (including phenoxy) is 1. The van der Waals surface area contributed by atoms with Gasteiger partial charge in [-0.1, -0.05) is 29.4 Å². The molecule has 1 unspecified atom stereocenters. The normalized spacial score (nSPS) is 15.1. The number of aromatic hydroxyl groups is 4. The maximum Gasteiger partial charge on any atom is 0.157 e. The van der Waals surface area contributed by atoms with Gasteiger partial charge in [-0.25, -0.2) is 0 Å². The Kier molecular flexibility index (Phi) is 6.30. The van der Waals surface area contributed by atoms with Crippen LogP contribution in [0.3, 0.4) is 0 Å². The molecule has 1 aliphatic heterocycles. The van der Waals surface area contributed by atoms with Crippen LogP contribution in [0.15, 0.2) is 41.5 Å². The highest BCUT2D eigenvalue weighted by atomic mass is 16.5. The molecule has 5 nitrogen and oxygen atoms in total. The van der Waals surface area contributed by atoms with Crippen molar-refractivity contribution in [3.63, 3.8) is 0 Å². The van der Waals surface area contributed by atoms with Gasteiger partial charge in [0.25, 0.3) is 0 Å². The van der Waals surface area contributed by atoms with Crippen LogP contribution >= 0.6 is 0 Å². The Morgan fingerprint density at radius 1 is 0.900 bits per heavy atom. The van der Waals surface area contributed by atoms with Crippen LogP contribution < -0.4 is 4.74 Å². The minimum atomic E-state index is -0.179. The molecule has 0 saturated heterocycles. The molecule has 0 amide bonds. The fraction of sp³-hybridized carbons (Fsp3) is 0.360. The smallest absolute Gasteiger partial charge is 0.157 e. The summed E-state index contributed by atoms with van der Waals surface area (Å²) in [6.07, 6.45) is 5.47. The van der Waals surface area contributed by atoms with Gasteiger partial charge in [-0.15, -0.1) is 0 Å². The van der Waals surface area contributed by atoms with Crippen LogP contribution in [0, 0.1) is 0 Å². The van der Waals surface area contributed by atoms with Crippen molar-refractivity contribution in [2.45, 2.75) is 52.9 Å². The molecule has 0 aromatic heterocycles. The summed E-state index contributed by atoms with van der Waals surface area (Å²) < 4.78 is 6.06. The van der Waals surface area contributed by atoms with Gasteiger partial charge in [0.05, 0.1) is 6.61 Å². The summed E-state index contributed by atoms with van der Waals surface area (Å²) in [6.45, 7) is 8.32. The summed E-state index contributed by atoms with van der Waals surface area (Å²) in [5.41, 5.74) is 4.92. The van der Waals surface area contributed by atoms with Crippen molar-refractivity contribution in [3.05, 3.63) is 63.8 Å². The number of phenols is 4. The first kappa shape index (κ1) is 21.6. The van der Waals surface area contributed by atoms with Crippen LogP contribution in [0.4, 0.5) is 0 Å². The Morgan fingerprint density at radius 3 is 2.13 bits per heavy atom. The molecule has 0 fully saturated rings. The number of benzene rings is 2. The monoisotopic (exact) mass is 410 g/mol. The van der Waals surface area contributed by atoms with Crippen LogP contribution in [-0.4, -0.2) is 27.0 Å². The first-order valence-corrected chi connectivity index (χ1v) is 10.2. The van der Waals surface area contributed by atoms with E-state index in [2.05, 4.69) is 0 Å². The van der Waals surface area contributed by atoms with Crippen LogP contribution in [-0.2, 0) is 19.3 Å². The van der Waals surface area contributed by atoms with Gasteiger partial charge < -0.3 is 25.2 Å². The van der Waals surface area contributed by atoms with Gasteiger partial charge in [0.15, 0.2) is 11.5 Å². The molecule has 5 heteroatoms. The average molecular weight is 411 g/mol. The average Bonchev–Trinajstić information content (AvgIpc) is 2.69. The van der Waals surface area contributed by atoms with E-state index in [4.69, 9.17) is 4.74 Å². The second-order valence-corrected chi connectivity index (χ2v) is 8.39. The molecule has 1 heterocycles. The number of rotatable bonds is 5. The molecule has 2 aromatic rings. The third-order valence-corrected chi connectivity index (χ3v) is 5.47. The highest BCUT2D eigenvalue weighted by molar-refractivity contribution is 5.64. The van der Waals surface area contributed by atoms with Gasteiger partial charge in [0.2, 0.25) is 0 Å². The van der Waals surface area contributed by atoms with Crippen molar-refractivity contribution in [3.8, 4) is 28.7 Å². The van der Waals surface area contributed by atoms with Crippen molar-refractivity contribution in [2.24, 2.45) is 0 Å². The van der Waals surface area contributed by atoms with Gasteiger partial charge in [-0.3, -0.25) is 0 Å². The van der Waals surface area contributed by atoms with E-state index in [1.807, 2.05) is 39.8 Å². The molecule has 0 bridgehead atoms. The fourth-order valence-electron chi connectivity index (χ4n) is 3.73. The lowest BCUT2D eigenvalue weighted by Gasteiger charge is -2.30. The first-order valence-electron chi connectivity index (χ1n) is 10.2. The minimum Gasteiger partial charge on any atom is -0.507 e. The summed E-state index contributed by atoms with van der Waals surface area (Å²) >= 11 is 0. The Balaban J connectivity index is 2.08. The molecule has 1 aliphatic rings. The number of fused-ring (bicyclic) bond motifs is 1. The lowest BCUT2D eigenvalue weighted by Crippen LogP contribution is -2.21. The van der Waals surface area contributed by atoms with Crippen molar-refractivity contribution in [2.75, 3.05) is 6.61 Å². The topological polar surface area (TPSA) is 90.2 Å². The maximum atomic E-state index is 11.0. The summed E-state index contributed by atoms with van der Waals surface area (Å²) in [7, 11) is 0. The molecule has 0 aliphatic carbocycles. The van der Waals surface area contributed by atoms with E-state index >= 15 is 0 Å². The van der Waals surface area contributed by atoms with Crippen molar-refractivity contribution < 1.29 is 25.2 Å². The van der Waals surface area contributed by atoms with Crippen molar-refractivity contribution in [1.82, 2.24) is 0 Å². The van der Waals surface area contributed by atoms with Crippen molar-refractivity contribution >= 4 is 0 Å². The first-order chi connectivity index (χ1) is 14.2. The SMILES string of the molecule is CC(C)=CCc1c(O)c(CC=C(C)C)c2c(c1O)CC(c1ccc(O)c(O)c1)CO2. The van der Waals surface area contributed by atoms with Gasteiger partial charge in [0, 0.05) is 22.6 Å². The lowest BCUT2D eigenvalue weighted by atomic mass is 9.86. The third-order valence-electron chi connectivity index (χ3n) is 5.47. The Bertz CT molecular complexity index is 1010. The summed E-state index contributed by atoms with van der Waals surface area (Å²) in [4.78, 5) is 0. The molecule has 0 spiro atoms. The zero-order valence-corrected chi connectivity index (χ0v) is 18.0. The van der Waals surface area contributed by atoms with E-state index in [9.17, 15) is 20.4 Å². The highest BCUT2D eigenvalue weighted by Gasteiger charge is 2.30. The summed E-state index contributed by atoms with van der Waals surface area (Å²) in [5.74, 6) is 0.253. The zero-order chi connectivity index (χ0) is 22.0. The van der Waals surface area contributed by atoms with E-state index in [0.717, 1.165) is 16.7 Å². The van der Waals surface area contributed by atoms with Gasteiger partial charge >= 0.3 is 0 Å². The second kappa shape index (κ2) is 8.74. The molecule has 30 heavy (non-hydrogen) atoms. The Labute approximate surface area is 177 Å². The van der Waals surface area contributed by atoms with E-state index < -0.39 is 0 Å². The van der Waals surface area contributed by atoms with Gasteiger partial charge in [-0.05, 0) is 64.7 Å². The minimum absolute atomic E-state index is 0.0636. The molecule has 160 valence electrons.